The number of carbonyl (C=O) groups excluding carboxylic acids is 1. The van der Waals surface area contributed by atoms with Crippen LogP contribution in [0.15, 0.2) is 12.2 Å². The van der Waals surface area contributed by atoms with Crippen LogP contribution in [0.1, 0.15) is 52.9 Å². The maximum Gasteiger partial charge on any atom is 0.158 e. The van der Waals surface area contributed by atoms with E-state index in [1.54, 1.807) is 6.08 Å². The maximum absolute atomic E-state index is 11.8. The molecule has 1 aliphatic rings. The summed E-state index contributed by atoms with van der Waals surface area (Å²) in [5, 5.41) is 0. The van der Waals surface area contributed by atoms with Crippen molar-refractivity contribution in [2.75, 3.05) is 0 Å². The van der Waals surface area contributed by atoms with Crippen molar-refractivity contribution in [1.29, 1.82) is 0 Å². The van der Waals surface area contributed by atoms with Crippen molar-refractivity contribution in [3.8, 4) is 0 Å². The Labute approximate surface area is 87.6 Å². The Morgan fingerprint density at radius 2 is 1.71 bits per heavy atom. The van der Waals surface area contributed by atoms with E-state index < -0.39 is 0 Å². The molecule has 14 heavy (non-hydrogen) atoms. The minimum absolute atomic E-state index is 0.129. The van der Waals surface area contributed by atoms with Crippen LogP contribution in [0, 0.1) is 11.3 Å². The summed E-state index contributed by atoms with van der Waals surface area (Å²) in [7, 11) is 0. The van der Waals surface area contributed by atoms with Crippen LogP contribution in [0.2, 0.25) is 0 Å². The Balaban J connectivity index is 2.44. The molecule has 80 valence electrons. The van der Waals surface area contributed by atoms with E-state index >= 15 is 0 Å². The normalized spacial score (nSPS) is 20.2. The average Bonchev–Trinajstić information content (AvgIpc) is 2.14. The van der Waals surface area contributed by atoms with Gasteiger partial charge < -0.3 is 0 Å². The molecule has 0 N–H and O–H groups in total. The highest BCUT2D eigenvalue weighted by Crippen LogP contribution is 2.25. The number of hydrogen-bond acceptors (Lipinski definition) is 1. The minimum Gasteiger partial charge on any atom is -0.295 e. The van der Waals surface area contributed by atoms with Gasteiger partial charge in [0.05, 0.1) is 0 Å². The fourth-order valence-corrected chi connectivity index (χ4v) is 1.86. The first-order chi connectivity index (χ1) is 6.49. The topological polar surface area (TPSA) is 17.1 Å². The summed E-state index contributed by atoms with van der Waals surface area (Å²) >= 11 is 0. The molecule has 1 nitrogen and oxygen atoms in total. The highest BCUT2D eigenvalue weighted by Gasteiger charge is 2.19. The van der Waals surface area contributed by atoms with Crippen LogP contribution in [0.4, 0.5) is 0 Å². The van der Waals surface area contributed by atoms with Crippen molar-refractivity contribution in [3.05, 3.63) is 12.2 Å². The maximum atomic E-state index is 11.8. The summed E-state index contributed by atoms with van der Waals surface area (Å²) in [6.45, 7) is 6.37. The fraction of sp³-hybridized carbons (Fsp3) is 0.769. The second-order valence-corrected chi connectivity index (χ2v) is 5.44. The first-order valence-corrected chi connectivity index (χ1v) is 5.72. The molecule has 1 fully saturated rings. The third-order valence-electron chi connectivity index (χ3n) is 2.76. The highest BCUT2D eigenvalue weighted by molar-refractivity contribution is 5.91. The van der Waals surface area contributed by atoms with Crippen LogP contribution >= 0.6 is 0 Å². The van der Waals surface area contributed by atoms with Gasteiger partial charge in [-0.2, -0.15) is 0 Å². The highest BCUT2D eigenvalue weighted by atomic mass is 16.1. The van der Waals surface area contributed by atoms with Gasteiger partial charge in [-0.15, -0.1) is 0 Å². The van der Waals surface area contributed by atoms with Crippen LogP contribution in [-0.2, 0) is 4.79 Å². The molecule has 0 aromatic heterocycles. The monoisotopic (exact) mass is 194 g/mol. The third-order valence-corrected chi connectivity index (χ3v) is 2.76. The molecule has 0 aromatic rings. The van der Waals surface area contributed by atoms with Crippen molar-refractivity contribution >= 4 is 5.78 Å². The quantitative estimate of drug-likeness (QED) is 0.612. The summed E-state index contributed by atoms with van der Waals surface area (Å²) in [5.41, 5.74) is 0.129. The van der Waals surface area contributed by atoms with Gasteiger partial charge >= 0.3 is 0 Å². The summed E-state index contributed by atoms with van der Waals surface area (Å²) in [4.78, 5) is 11.8. The lowest BCUT2D eigenvalue weighted by Crippen LogP contribution is -2.16. The number of hydrogen-bond donors (Lipinski definition) is 0. The number of allylic oxidation sites excluding steroid dienone is 2. The predicted molar refractivity (Wildman–Crippen MR) is 60.2 cm³/mol. The molecular formula is C13H22O. The smallest absolute Gasteiger partial charge is 0.158 e. The molecular weight excluding hydrogens is 172 g/mol. The van der Waals surface area contributed by atoms with Gasteiger partial charge in [0.2, 0.25) is 0 Å². The summed E-state index contributed by atoms with van der Waals surface area (Å²) in [6, 6.07) is 0. The van der Waals surface area contributed by atoms with E-state index in [-0.39, 0.29) is 5.41 Å². The summed E-state index contributed by atoms with van der Waals surface area (Å²) < 4.78 is 0. The molecule has 0 amide bonds. The van der Waals surface area contributed by atoms with Crippen molar-refractivity contribution < 1.29 is 4.79 Å². The van der Waals surface area contributed by atoms with Gasteiger partial charge in [-0.1, -0.05) is 46.1 Å². The number of ketones is 1. The molecule has 0 radical (unpaired) electrons. The van der Waals surface area contributed by atoms with Crippen LogP contribution in [0.5, 0.6) is 0 Å². The van der Waals surface area contributed by atoms with Crippen LogP contribution in [0.25, 0.3) is 0 Å². The van der Waals surface area contributed by atoms with Crippen molar-refractivity contribution in [3.63, 3.8) is 0 Å². The van der Waals surface area contributed by atoms with Gasteiger partial charge in [0, 0.05) is 5.92 Å². The van der Waals surface area contributed by atoms with Gasteiger partial charge in [0.25, 0.3) is 0 Å². The van der Waals surface area contributed by atoms with Gasteiger partial charge in [-0.25, -0.2) is 0 Å². The van der Waals surface area contributed by atoms with E-state index in [4.69, 9.17) is 0 Å². The first kappa shape index (κ1) is 11.5. The third kappa shape index (κ3) is 4.08. The molecule has 1 saturated carbocycles. The van der Waals surface area contributed by atoms with Crippen molar-refractivity contribution in [2.24, 2.45) is 11.3 Å². The van der Waals surface area contributed by atoms with E-state index in [2.05, 4.69) is 20.8 Å². The largest absolute Gasteiger partial charge is 0.295 e. The standard InChI is InChI=1S/C13H22O/c1-13(2,3)10-9-12(14)11-7-5-4-6-8-11/h9-11H,4-8H2,1-3H3. The molecule has 1 heteroatoms. The van der Waals surface area contributed by atoms with Crippen LogP contribution in [0.3, 0.4) is 0 Å². The van der Waals surface area contributed by atoms with E-state index in [1.807, 2.05) is 6.08 Å². The zero-order chi connectivity index (χ0) is 10.6. The molecule has 0 aliphatic heterocycles. The Kier molecular flexibility index (Phi) is 3.91. The Morgan fingerprint density at radius 1 is 1.14 bits per heavy atom. The predicted octanol–water partition coefficient (Wildman–Crippen LogP) is 3.74. The lowest BCUT2D eigenvalue weighted by molar-refractivity contribution is -0.119. The van der Waals surface area contributed by atoms with Crippen molar-refractivity contribution in [1.82, 2.24) is 0 Å². The number of rotatable bonds is 2. The molecule has 0 heterocycles. The average molecular weight is 194 g/mol. The van der Waals surface area contributed by atoms with Gasteiger partial charge in [-0.05, 0) is 24.3 Å². The van der Waals surface area contributed by atoms with Gasteiger partial charge in [0.15, 0.2) is 5.78 Å². The van der Waals surface area contributed by atoms with E-state index in [1.165, 1.54) is 19.3 Å². The van der Waals surface area contributed by atoms with Crippen LogP contribution in [-0.4, -0.2) is 5.78 Å². The zero-order valence-corrected chi connectivity index (χ0v) is 9.68. The van der Waals surface area contributed by atoms with Gasteiger partial charge in [-0.3, -0.25) is 4.79 Å². The lowest BCUT2D eigenvalue weighted by Gasteiger charge is -2.19. The Bertz CT molecular complexity index is 214. The van der Waals surface area contributed by atoms with E-state index in [0.717, 1.165) is 12.8 Å². The SMILES string of the molecule is CC(C)(C)C=CC(=O)C1CCCCC1. The van der Waals surface area contributed by atoms with Gasteiger partial charge in [0.1, 0.15) is 0 Å². The zero-order valence-electron chi connectivity index (χ0n) is 9.68. The van der Waals surface area contributed by atoms with E-state index in [9.17, 15) is 4.79 Å². The fourth-order valence-electron chi connectivity index (χ4n) is 1.86. The van der Waals surface area contributed by atoms with E-state index in [0.29, 0.717) is 11.7 Å². The molecule has 0 unspecified atom stereocenters. The summed E-state index contributed by atoms with van der Waals surface area (Å²) in [5.74, 6) is 0.668. The molecule has 0 spiro atoms. The van der Waals surface area contributed by atoms with Crippen LogP contribution < -0.4 is 0 Å². The molecule has 1 aliphatic carbocycles. The summed E-state index contributed by atoms with van der Waals surface area (Å²) in [6.07, 6.45) is 9.83. The number of carbonyl (C=O) groups is 1. The first-order valence-electron chi connectivity index (χ1n) is 5.72. The minimum atomic E-state index is 0.129. The lowest BCUT2D eigenvalue weighted by atomic mass is 9.85. The molecule has 0 bridgehead atoms. The second-order valence-electron chi connectivity index (χ2n) is 5.44. The van der Waals surface area contributed by atoms with Crippen molar-refractivity contribution in [2.45, 2.75) is 52.9 Å². The second kappa shape index (κ2) is 4.77. The molecule has 1 rings (SSSR count). The Morgan fingerprint density at radius 3 is 2.21 bits per heavy atom. The molecule has 0 aromatic carbocycles. The molecule has 0 atom stereocenters. The molecule has 0 saturated heterocycles. The Hall–Kier alpha value is -0.590.